The van der Waals surface area contributed by atoms with Gasteiger partial charge in [-0.1, -0.05) is 23.2 Å². The number of aromatic nitrogens is 2. The number of rotatable bonds is 4. The average molecular weight is 361 g/mol. The molecule has 2 rings (SSSR count). The van der Waals surface area contributed by atoms with E-state index in [4.69, 9.17) is 23.2 Å². The molecular weight excluding hydrogens is 349 g/mol. The molecule has 100 valence electrons. The van der Waals surface area contributed by atoms with Gasteiger partial charge < -0.3 is 5.32 Å². The van der Waals surface area contributed by atoms with E-state index in [0.717, 1.165) is 22.2 Å². The van der Waals surface area contributed by atoms with Gasteiger partial charge in [0, 0.05) is 23.1 Å². The van der Waals surface area contributed by atoms with Crippen LogP contribution < -0.4 is 5.32 Å². The third-order valence-corrected chi connectivity index (χ3v) is 3.66. The van der Waals surface area contributed by atoms with Crippen LogP contribution in [0.3, 0.4) is 0 Å². The van der Waals surface area contributed by atoms with Crippen molar-refractivity contribution in [1.29, 1.82) is 0 Å². The minimum Gasteiger partial charge on any atom is -0.311 e. The molecule has 2 aromatic rings. The number of nitrogens with one attached hydrogen (secondary N) is 1. The summed E-state index contributed by atoms with van der Waals surface area (Å²) in [7, 11) is 1.88. The monoisotopic (exact) mass is 359 g/mol. The molecule has 0 saturated carbocycles. The molecule has 0 radical (unpaired) electrons. The van der Waals surface area contributed by atoms with Crippen LogP contribution in [0.25, 0.3) is 0 Å². The van der Waals surface area contributed by atoms with Crippen LogP contribution in [-0.4, -0.2) is 17.0 Å². The molecule has 0 aliphatic carbocycles. The standard InChI is InChI=1S/C13H12BrCl2N3/c1-17-12(3-8-2-9(14)6-18-5-8)13-11(16)4-10(15)7-19-13/h2,4-7,12,17H,3H2,1H3. The van der Waals surface area contributed by atoms with E-state index in [0.29, 0.717) is 10.0 Å². The van der Waals surface area contributed by atoms with E-state index < -0.39 is 0 Å². The van der Waals surface area contributed by atoms with Gasteiger partial charge in [-0.2, -0.15) is 0 Å². The first-order valence-electron chi connectivity index (χ1n) is 5.68. The van der Waals surface area contributed by atoms with E-state index in [-0.39, 0.29) is 6.04 Å². The number of halogens is 3. The molecule has 0 aromatic carbocycles. The number of pyridine rings is 2. The third kappa shape index (κ3) is 3.89. The summed E-state index contributed by atoms with van der Waals surface area (Å²) >= 11 is 15.5. The molecule has 2 aromatic heterocycles. The Kier molecular flexibility index (Phi) is 5.16. The van der Waals surface area contributed by atoms with Crippen LogP contribution in [0.1, 0.15) is 17.3 Å². The normalized spacial score (nSPS) is 12.4. The zero-order chi connectivity index (χ0) is 13.8. The topological polar surface area (TPSA) is 37.8 Å². The number of hydrogen-bond acceptors (Lipinski definition) is 3. The molecule has 1 atom stereocenters. The summed E-state index contributed by atoms with van der Waals surface area (Å²) in [6.45, 7) is 0. The van der Waals surface area contributed by atoms with Crippen LogP contribution in [0.4, 0.5) is 0 Å². The highest BCUT2D eigenvalue weighted by atomic mass is 79.9. The Balaban J connectivity index is 2.25. The first kappa shape index (κ1) is 14.7. The molecule has 0 amide bonds. The molecule has 3 nitrogen and oxygen atoms in total. The summed E-state index contributed by atoms with van der Waals surface area (Å²) in [5.41, 5.74) is 1.88. The molecule has 2 heterocycles. The highest BCUT2D eigenvalue weighted by Gasteiger charge is 2.15. The fourth-order valence-electron chi connectivity index (χ4n) is 1.82. The zero-order valence-electron chi connectivity index (χ0n) is 10.2. The van der Waals surface area contributed by atoms with E-state index in [1.807, 2.05) is 19.3 Å². The predicted molar refractivity (Wildman–Crippen MR) is 81.7 cm³/mol. The van der Waals surface area contributed by atoms with Crippen LogP contribution in [0.5, 0.6) is 0 Å². The van der Waals surface area contributed by atoms with Crippen molar-refractivity contribution in [3.8, 4) is 0 Å². The van der Waals surface area contributed by atoms with Crippen molar-refractivity contribution in [1.82, 2.24) is 15.3 Å². The lowest BCUT2D eigenvalue weighted by Crippen LogP contribution is -2.20. The van der Waals surface area contributed by atoms with E-state index in [9.17, 15) is 0 Å². The lowest BCUT2D eigenvalue weighted by molar-refractivity contribution is 0.575. The van der Waals surface area contributed by atoms with E-state index in [1.54, 1.807) is 18.5 Å². The first-order valence-corrected chi connectivity index (χ1v) is 7.22. The highest BCUT2D eigenvalue weighted by Crippen LogP contribution is 2.26. The number of hydrogen-bond donors (Lipinski definition) is 1. The summed E-state index contributed by atoms with van der Waals surface area (Å²) < 4.78 is 0.954. The molecule has 0 spiro atoms. The maximum Gasteiger partial charge on any atom is 0.0763 e. The van der Waals surface area contributed by atoms with Crippen LogP contribution in [-0.2, 0) is 6.42 Å². The maximum absolute atomic E-state index is 6.19. The van der Waals surface area contributed by atoms with Gasteiger partial charge in [0.2, 0.25) is 0 Å². The second-order valence-electron chi connectivity index (χ2n) is 4.08. The second kappa shape index (κ2) is 6.66. The minimum absolute atomic E-state index is 0.0147. The van der Waals surface area contributed by atoms with Gasteiger partial charge in [-0.15, -0.1) is 0 Å². The SMILES string of the molecule is CNC(Cc1cncc(Br)c1)c1ncc(Cl)cc1Cl. The van der Waals surface area contributed by atoms with E-state index in [1.165, 1.54) is 0 Å². The van der Waals surface area contributed by atoms with Gasteiger partial charge in [-0.3, -0.25) is 9.97 Å². The summed E-state index contributed by atoms with van der Waals surface area (Å²) in [5.74, 6) is 0. The number of nitrogens with zero attached hydrogens (tertiary/aromatic N) is 2. The Bertz CT molecular complexity index is 578. The van der Waals surface area contributed by atoms with Gasteiger partial charge in [-0.05, 0) is 47.1 Å². The Morgan fingerprint density at radius 3 is 2.68 bits per heavy atom. The van der Waals surface area contributed by atoms with Crippen molar-refractivity contribution in [3.63, 3.8) is 0 Å². The number of likely N-dealkylation sites (N-methyl/N-ethyl adjacent to an activating group) is 1. The van der Waals surface area contributed by atoms with Gasteiger partial charge in [-0.25, -0.2) is 0 Å². The van der Waals surface area contributed by atoms with Crippen LogP contribution in [0.2, 0.25) is 10.0 Å². The van der Waals surface area contributed by atoms with Gasteiger partial charge in [0.15, 0.2) is 0 Å². The maximum atomic E-state index is 6.19. The Hall–Kier alpha value is -0.680. The largest absolute Gasteiger partial charge is 0.311 e. The van der Waals surface area contributed by atoms with Crippen molar-refractivity contribution < 1.29 is 0 Å². The lowest BCUT2D eigenvalue weighted by atomic mass is 10.0. The second-order valence-corrected chi connectivity index (χ2v) is 5.84. The Morgan fingerprint density at radius 2 is 2.05 bits per heavy atom. The van der Waals surface area contributed by atoms with Gasteiger partial charge in [0.05, 0.1) is 21.8 Å². The van der Waals surface area contributed by atoms with Crippen molar-refractivity contribution in [2.24, 2.45) is 0 Å². The molecule has 0 aliphatic rings. The van der Waals surface area contributed by atoms with Crippen LogP contribution >= 0.6 is 39.1 Å². The fraction of sp³-hybridized carbons (Fsp3) is 0.231. The molecule has 19 heavy (non-hydrogen) atoms. The Morgan fingerprint density at radius 1 is 1.26 bits per heavy atom. The van der Waals surface area contributed by atoms with Crippen molar-refractivity contribution in [3.05, 3.63) is 56.5 Å². The van der Waals surface area contributed by atoms with Crippen LogP contribution in [0, 0.1) is 0 Å². The van der Waals surface area contributed by atoms with Crippen molar-refractivity contribution in [2.75, 3.05) is 7.05 Å². The molecular formula is C13H12BrCl2N3. The summed E-state index contributed by atoms with van der Waals surface area (Å²) in [4.78, 5) is 8.46. The summed E-state index contributed by atoms with van der Waals surface area (Å²) in [5, 5.41) is 4.31. The van der Waals surface area contributed by atoms with Crippen molar-refractivity contribution >= 4 is 39.1 Å². The quantitative estimate of drug-likeness (QED) is 0.893. The van der Waals surface area contributed by atoms with Crippen molar-refractivity contribution in [2.45, 2.75) is 12.5 Å². The highest BCUT2D eigenvalue weighted by molar-refractivity contribution is 9.10. The summed E-state index contributed by atoms with van der Waals surface area (Å²) in [6.07, 6.45) is 5.94. The molecule has 1 unspecified atom stereocenters. The van der Waals surface area contributed by atoms with Crippen LogP contribution in [0.15, 0.2) is 35.2 Å². The van der Waals surface area contributed by atoms with Gasteiger partial charge in [0.1, 0.15) is 0 Å². The average Bonchev–Trinajstić information content (AvgIpc) is 2.37. The molecule has 0 bridgehead atoms. The molecule has 6 heteroatoms. The molecule has 0 fully saturated rings. The molecule has 0 saturated heterocycles. The Labute approximate surface area is 130 Å². The van der Waals surface area contributed by atoms with Gasteiger partial charge >= 0.3 is 0 Å². The van der Waals surface area contributed by atoms with Gasteiger partial charge in [0.25, 0.3) is 0 Å². The molecule has 1 N–H and O–H groups in total. The fourth-order valence-corrected chi connectivity index (χ4v) is 2.74. The third-order valence-electron chi connectivity index (χ3n) is 2.72. The summed E-state index contributed by atoms with van der Waals surface area (Å²) in [6, 6.07) is 3.75. The zero-order valence-corrected chi connectivity index (χ0v) is 13.3. The van der Waals surface area contributed by atoms with E-state index in [2.05, 4.69) is 31.2 Å². The first-order chi connectivity index (χ1) is 9.10. The predicted octanol–water partition coefficient (Wildman–Crippen LogP) is 4.05. The smallest absolute Gasteiger partial charge is 0.0763 e. The lowest BCUT2D eigenvalue weighted by Gasteiger charge is -2.17. The van der Waals surface area contributed by atoms with E-state index >= 15 is 0 Å². The minimum atomic E-state index is 0.0147. The molecule has 0 aliphatic heterocycles.